The highest BCUT2D eigenvalue weighted by Crippen LogP contribution is 2.15. The van der Waals surface area contributed by atoms with E-state index < -0.39 is 0 Å². The second-order valence-electron chi connectivity index (χ2n) is 3.75. The summed E-state index contributed by atoms with van der Waals surface area (Å²) in [5, 5.41) is 3.56. The number of benzene rings is 1. The lowest BCUT2D eigenvalue weighted by Gasteiger charge is -2.19. The molecule has 0 radical (unpaired) electrons. The first-order chi connectivity index (χ1) is 6.63. The zero-order valence-corrected chi connectivity index (χ0v) is 11.2. The van der Waals surface area contributed by atoms with Gasteiger partial charge in [-0.25, -0.2) is 0 Å². The van der Waals surface area contributed by atoms with Crippen LogP contribution in [-0.4, -0.2) is 6.04 Å². The average Bonchev–Trinajstić information content (AvgIpc) is 2.18. The van der Waals surface area contributed by atoms with Crippen molar-refractivity contribution in [3.8, 4) is 0 Å². The molecule has 0 aromatic heterocycles. The minimum atomic E-state index is 0.446. The summed E-state index contributed by atoms with van der Waals surface area (Å²) in [6.45, 7) is 6.65. The van der Waals surface area contributed by atoms with Crippen molar-refractivity contribution in [1.82, 2.24) is 5.32 Å². The normalized spacial score (nSPS) is 15.1. The molecule has 1 aromatic carbocycles. The number of rotatable bonds is 4. The van der Waals surface area contributed by atoms with Gasteiger partial charge in [-0.2, -0.15) is 0 Å². The third-order valence-corrected chi connectivity index (χ3v) is 3.24. The fraction of sp³-hybridized carbons (Fsp3) is 0.500. The Kier molecular flexibility index (Phi) is 4.89. The van der Waals surface area contributed by atoms with Gasteiger partial charge in [0.25, 0.3) is 0 Å². The molecular formula is C12H18IN. The van der Waals surface area contributed by atoms with Gasteiger partial charge in [-0.3, -0.25) is 0 Å². The third-order valence-electron chi connectivity index (χ3n) is 2.52. The summed E-state index contributed by atoms with van der Waals surface area (Å²) in [6.07, 6.45) is 1.18. The van der Waals surface area contributed by atoms with Gasteiger partial charge in [0.2, 0.25) is 0 Å². The van der Waals surface area contributed by atoms with Gasteiger partial charge >= 0.3 is 0 Å². The largest absolute Gasteiger partial charge is 0.308 e. The summed E-state index contributed by atoms with van der Waals surface area (Å²) in [6, 6.07) is 9.74. The molecule has 1 aromatic rings. The van der Waals surface area contributed by atoms with Crippen molar-refractivity contribution in [1.29, 1.82) is 0 Å². The Morgan fingerprint density at radius 1 is 1.21 bits per heavy atom. The zero-order chi connectivity index (χ0) is 10.6. The molecule has 0 saturated heterocycles. The van der Waals surface area contributed by atoms with Crippen LogP contribution in [0.15, 0.2) is 24.3 Å². The fourth-order valence-electron chi connectivity index (χ4n) is 1.39. The second kappa shape index (κ2) is 5.71. The Balaban J connectivity index is 2.60. The first-order valence-corrected chi connectivity index (χ1v) is 6.23. The fourth-order valence-corrected chi connectivity index (χ4v) is 1.75. The molecule has 14 heavy (non-hydrogen) atoms. The summed E-state index contributed by atoms with van der Waals surface area (Å²) in [4.78, 5) is 0. The molecule has 0 bridgehead atoms. The van der Waals surface area contributed by atoms with Gasteiger partial charge in [0.05, 0.1) is 0 Å². The lowest BCUT2D eigenvalue weighted by molar-refractivity contribution is 0.469. The van der Waals surface area contributed by atoms with Crippen molar-refractivity contribution >= 4 is 22.6 Å². The molecule has 0 saturated carbocycles. The highest BCUT2D eigenvalue weighted by molar-refractivity contribution is 14.1. The molecular weight excluding hydrogens is 285 g/mol. The smallest absolute Gasteiger partial charge is 0.0294 e. The van der Waals surface area contributed by atoms with Crippen molar-refractivity contribution in [2.24, 2.45) is 0 Å². The van der Waals surface area contributed by atoms with Crippen LogP contribution >= 0.6 is 22.6 Å². The van der Waals surface area contributed by atoms with E-state index in [9.17, 15) is 0 Å². The molecule has 0 heterocycles. The van der Waals surface area contributed by atoms with Crippen LogP contribution in [0.4, 0.5) is 0 Å². The molecule has 2 heteroatoms. The molecule has 78 valence electrons. The maximum Gasteiger partial charge on any atom is 0.0294 e. The highest BCUT2D eigenvalue weighted by atomic mass is 127. The number of halogens is 1. The van der Waals surface area contributed by atoms with E-state index in [1.807, 2.05) is 0 Å². The van der Waals surface area contributed by atoms with Crippen LogP contribution in [0.25, 0.3) is 0 Å². The SMILES string of the molecule is CC[C@@H](C)N[C@@H](C)c1ccc(I)cc1. The summed E-state index contributed by atoms with van der Waals surface area (Å²) in [5.41, 5.74) is 1.37. The van der Waals surface area contributed by atoms with Crippen LogP contribution in [0.2, 0.25) is 0 Å². The molecule has 1 N–H and O–H groups in total. The summed E-state index contributed by atoms with van der Waals surface area (Å²) in [7, 11) is 0. The summed E-state index contributed by atoms with van der Waals surface area (Å²) in [5.74, 6) is 0. The third kappa shape index (κ3) is 3.58. The van der Waals surface area contributed by atoms with Crippen LogP contribution in [-0.2, 0) is 0 Å². The van der Waals surface area contributed by atoms with E-state index >= 15 is 0 Å². The average molecular weight is 303 g/mol. The Morgan fingerprint density at radius 2 is 1.79 bits per heavy atom. The van der Waals surface area contributed by atoms with E-state index in [1.165, 1.54) is 15.6 Å². The summed E-state index contributed by atoms with van der Waals surface area (Å²) < 4.78 is 1.29. The van der Waals surface area contributed by atoms with Crippen LogP contribution < -0.4 is 5.32 Å². The van der Waals surface area contributed by atoms with Crippen molar-refractivity contribution in [2.75, 3.05) is 0 Å². The van der Waals surface area contributed by atoms with Crippen LogP contribution in [0.1, 0.15) is 38.8 Å². The Labute approximate surface area is 100 Å². The van der Waals surface area contributed by atoms with Crippen molar-refractivity contribution in [3.05, 3.63) is 33.4 Å². The van der Waals surface area contributed by atoms with Gasteiger partial charge < -0.3 is 5.32 Å². The first-order valence-electron chi connectivity index (χ1n) is 5.15. The Morgan fingerprint density at radius 3 is 2.29 bits per heavy atom. The standard InChI is InChI=1S/C12H18IN/c1-4-9(2)14-10(3)11-5-7-12(13)8-6-11/h5-10,14H,4H2,1-3H3/t9-,10+/m1/s1. The molecule has 2 atom stereocenters. The lowest BCUT2D eigenvalue weighted by Crippen LogP contribution is -2.28. The van der Waals surface area contributed by atoms with Gasteiger partial charge in [0, 0.05) is 15.7 Å². The first kappa shape index (κ1) is 12.0. The minimum Gasteiger partial charge on any atom is -0.308 e. The molecule has 0 unspecified atom stereocenters. The quantitative estimate of drug-likeness (QED) is 0.836. The number of hydrogen-bond acceptors (Lipinski definition) is 1. The van der Waals surface area contributed by atoms with E-state index in [0.29, 0.717) is 12.1 Å². The molecule has 0 fully saturated rings. The number of hydrogen-bond donors (Lipinski definition) is 1. The highest BCUT2D eigenvalue weighted by Gasteiger charge is 2.07. The minimum absolute atomic E-state index is 0.446. The monoisotopic (exact) mass is 303 g/mol. The lowest BCUT2D eigenvalue weighted by atomic mass is 10.1. The van der Waals surface area contributed by atoms with Crippen LogP contribution in [0.3, 0.4) is 0 Å². The van der Waals surface area contributed by atoms with E-state index in [4.69, 9.17) is 0 Å². The molecule has 0 amide bonds. The number of nitrogens with one attached hydrogen (secondary N) is 1. The molecule has 1 nitrogen and oxygen atoms in total. The van der Waals surface area contributed by atoms with Crippen molar-refractivity contribution in [2.45, 2.75) is 39.3 Å². The van der Waals surface area contributed by atoms with E-state index in [2.05, 4.69) is 72.9 Å². The van der Waals surface area contributed by atoms with Gasteiger partial charge in [-0.05, 0) is 60.6 Å². The molecule has 0 aliphatic carbocycles. The molecule has 0 aliphatic heterocycles. The van der Waals surface area contributed by atoms with Gasteiger partial charge in [0.15, 0.2) is 0 Å². The van der Waals surface area contributed by atoms with Crippen molar-refractivity contribution in [3.63, 3.8) is 0 Å². The van der Waals surface area contributed by atoms with Gasteiger partial charge in [0.1, 0.15) is 0 Å². The van der Waals surface area contributed by atoms with E-state index in [1.54, 1.807) is 0 Å². The van der Waals surface area contributed by atoms with Crippen LogP contribution in [0, 0.1) is 3.57 Å². The van der Waals surface area contributed by atoms with Gasteiger partial charge in [-0.15, -0.1) is 0 Å². The van der Waals surface area contributed by atoms with Crippen LogP contribution in [0.5, 0.6) is 0 Å². The second-order valence-corrected chi connectivity index (χ2v) is 4.99. The Bertz CT molecular complexity index is 268. The summed E-state index contributed by atoms with van der Waals surface area (Å²) >= 11 is 2.33. The molecule has 0 aliphatic rings. The van der Waals surface area contributed by atoms with Gasteiger partial charge in [-0.1, -0.05) is 19.1 Å². The van der Waals surface area contributed by atoms with E-state index in [0.717, 1.165) is 0 Å². The molecule has 0 spiro atoms. The maximum atomic E-state index is 3.56. The molecule has 1 rings (SSSR count). The van der Waals surface area contributed by atoms with E-state index in [-0.39, 0.29) is 0 Å². The maximum absolute atomic E-state index is 3.56. The topological polar surface area (TPSA) is 12.0 Å². The predicted molar refractivity (Wildman–Crippen MR) is 70.5 cm³/mol. The zero-order valence-electron chi connectivity index (χ0n) is 9.05. The van der Waals surface area contributed by atoms with Crippen molar-refractivity contribution < 1.29 is 0 Å². The Hall–Kier alpha value is -0.0900. The predicted octanol–water partition coefficient (Wildman–Crippen LogP) is 3.74.